The van der Waals surface area contributed by atoms with Crippen molar-refractivity contribution in [2.45, 2.75) is 273 Å². The smallest absolute Gasteiger partial charge is 0.446 e. The van der Waals surface area contributed by atoms with Gasteiger partial charge in [0, 0.05) is 59.3 Å². The van der Waals surface area contributed by atoms with Gasteiger partial charge in [0.15, 0.2) is 39.3 Å². The first-order valence-corrected chi connectivity index (χ1v) is 45.3. The molecule has 32 nitrogen and oxygen atoms in total. The molecule has 0 saturated heterocycles. The molecule has 6 aliphatic rings. The molecule has 0 aliphatic heterocycles. The van der Waals surface area contributed by atoms with Crippen molar-refractivity contribution in [1.29, 1.82) is 27.0 Å². The highest BCUT2D eigenvalue weighted by molar-refractivity contribution is 7.93. The van der Waals surface area contributed by atoms with Crippen LogP contribution in [-0.4, -0.2) is 220 Å². The summed E-state index contributed by atoms with van der Waals surface area (Å²) < 4.78 is 185. The summed E-state index contributed by atoms with van der Waals surface area (Å²) in [6, 6.07) is 9.78. The first-order chi connectivity index (χ1) is 47.8. The van der Waals surface area contributed by atoms with Crippen LogP contribution in [0.3, 0.4) is 0 Å². The Hall–Kier alpha value is -6.17. The van der Waals surface area contributed by atoms with E-state index in [0.717, 1.165) is 46.1 Å². The number of sulfonamides is 1. The number of hydrogen-bond donors (Lipinski definition) is 7. The number of aldehydes is 2. The molecule has 8 N–H and O–H groups in total. The largest absolute Gasteiger partial charge is 0.595 e. The monoisotopic (exact) mass is 1740 g/mol. The van der Waals surface area contributed by atoms with E-state index in [4.69, 9.17) is 59.7 Å². The minimum Gasteiger partial charge on any atom is -0.595 e. The quantitative estimate of drug-likeness (QED) is 0.0476. The summed E-state index contributed by atoms with van der Waals surface area (Å²) in [5.74, 6) is 4.48. The fourth-order valence-electron chi connectivity index (χ4n) is 6.42. The van der Waals surface area contributed by atoms with Crippen LogP contribution in [0.5, 0.6) is 0 Å². The Kier molecular flexibility index (Phi) is 55.7. The third kappa shape index (κ3) is 65.9. The SMILES string of the molecule is C.C.C.C#CC1(S(C)(=O)=O)CC1.C#CC1(S(N)(=O)=O)CC1.CC(C)(C)OC(=N)[O-].CC(C)(C)OC(=N)[O-].CC(C)(C)OC(=N)[O-].CC(C)(C)OC(=N)[O-].CC(C)(C)OC(=N)[O-].CPC.CS(=O)(=O)C1(C=O)CC1.CS(=O)(=O)C1(CO)CC1.CS(=O)(=O)C1(COCc2ccccc2)CC1.CS(=O)(=O)C1CC1.O=CC(F)(F)F. The molecule has 0 atom stereocenters. The van der Waals surface area contributed by atoms with Gasteiger partial charge in [-0.25, -0.2) is 55.6 Å². The van der Waals surface area contributed by atoms with Crippen LogP contribution in [-0.2, 0) is 104 Å². The Labute approximate surface area is 662 Å². The molecule has 7 rings (SSSR count). The number of alkyl halides is 3. The molecular weight excluding hydrogens is 1610 g/mol. The summed E-state index contributed by atoms with van der Waals surface area (Å²) in [5.41, 5.74) is -1.50. The van der Waals surface area contributed by atoms with E-state index < -0.39 is 154 Å². The van der Waals surface area contributed by atoms with Crippen molar-refractivity contribution >= 4 is 111 Å². The highest BCUT2D eigenvalue weighted by Gasteiger charge is 2.54. The number of rotatable bonds is 12. The second-order valence-corrected chi connectivity index (χ2v) is 44.5. The van der Waals surface area contributed by atoms with Gasteiger partial charge in [-0.2, -0.15) is 13.2 Å². The summed E-state index contributed by atoms with van der Waals surface area (Å²) >= 11 is 0. The zero-order valence-corrected chi connectivity index (χ0v) is 71.6. The fraction of sp³-hybridized carbons (Fsp3) is 0.754. The number of aliphatic hydroxyl groups excluding tert-OH is 1. The molecule has 0 bridgehead atoms. The second-order valence-electron chi connectivity index (χ2n) is 29.8. The fourth-order valence-corrected chi connectivity index (χ4v) is 12.5. The van der Waals surface area contributed by atoms with Gasteiger partial charge in [0.05, 0.1) is 34.6 Å². The van der Waals surface area contributed by atoms with Crippen LogP contribution in [0.25, 0.3) is 0 Å². The zero-order valence-electron chi connectivity index (χ0n) is 65.7. The number of primary sulfonamides is 1. The van der Waals surface area contributed by atoms with Crippen molar-refractivity contribution in [3.8, 4) is 24.7 Å². The third-order valence-corrected chi connectivity index (χ3v) is 24.5. The van der Waals surface area contributed by atoms with Gasteiger partial charge in [-0.3, -0.25) is 31.8 Å². The predicted octanol–water partition coefficient (Wildman–Crippen LogP) is 4.99. The molecule has 1 aromatic rings. The van der Waals surface area contributed by atoms with Gasteiger partial charge < -0.3 is 63.9 Å². The molecule has 0 aromatic heterocycles. The van der Waals surface area contributed by atoms with Crippen molar-refractivity contribution in [2.75, 3.05) is 57.8 Å². The predicted molar refractivity (Wildman–Crippen MR) is 422 cm³/mol. The molecule has 42 heteroatoms. The van der Waals surface area contributed by atoms with E-state index in [-0.39, 0.29) is 34.1 Å². The van der Waals surface area contributed by atoms with E-state index in [2.05, 4.69) is 48.9 Å². The van der Waals surface area contributed by atoms with E-state index in [9.17, 15) is 94.0 Å². The van der Waals surface area contributed by atoms with Gasteiger partial charge in [-0.05, 0) is 95.9 Å². The average Bonchev–Trinajstić information content (AvgIpc) is 1.65. The van der Waals surface area contributed by atoms with E-state index in [0.29, 0.717) is 70.9 Å². The van der Waals surface area contributed by atoms with E-state index >= 15 is 0 Å². The summed E-state index contributed by atoms with van der Waals surface area (Å²) in [6.45, 7) is 30.7. The van der Waals surface area contributed by atoms with Gasteiger partial charge in [-0.15, -0.1) is 21.4 Å². The molecule has 0 heterocycles. The van der Waals surface area contributed by atoms with Gasteiger partial charge in [0.25, 0.3) is 0 Å². The van der Waals surface area contributed by atoms with Crippen molar-refractivity contribution in [3.05, 3.63) is 35.9 Å². The highest BCUT2D eigenvalue weighted by Crippen LogP contribution is 2.45. The Morgan fingerprint density at radius 1 is 0.514 bits per heavy atom. The number of halogens is 3. The zero-order chi connectivity index (χ0) is 87.5. The molecule has 1 aromatic carbocycles. The van der Waals surface area contributed by atoms with E-state index in [1.807, 2.05) is 30.3 Å². The first-order valence-electron chi connectivity index (χ1n) is 32.3. The number of carbonyl (C=O) groups excluding carboxylic acids is 2. The van der Waals surface area contributed by atoms with Gasteiger partial charge >= 0.3 is 6.18 Å². The van der Waals surface area contributed by atoms with Crippen LogP contribution in [0.2, 0.25) is 0 Å². The third-order valence-electron chi connectivity index (χ3n) is 13.1. The molecule has 111 heavy (non-hydrogen) atoms. The number of ether oxygens (including phenoxy) is 6. The molecule has 0 amide bonds. The maximum absolute atomic E-state index is 11.5. The van der Waals surface area contributed by atoms with Crippen LogP contribution in [0.4, 0.5) is 13.2 Å². The summed E-state index contributed by atoms with van der Waals surface area (Å²) in [7, 11) is -17.1. The number of benzene rings is 1. The minimum atomic E-state index is -4.64. The van der Waals surface area contributed by atoms with E-state index in [1.54, 1.807) is 104 Å². The lowest BCUT2D eigenvalue weighted by molar-refractivity contribution is -0.263. The number of nitrogens with two attached hydrogens (primary N) is 1. The Bertz CT molecular complexity index is 3590. The second kappa shape index (κ2) is 50.2. The summed E-state index contributed by atoms with van der Waals surface area (Å²) in [4.78, 5) is 18.9. The first kappa shape index (κ1) is 123. The number of hydrogen-bond acceptors (Lipinski definition) is 31. The van der Waals surface area contributed by atoms with Crippen molar-refractivity contribution in [3.63, 3.8) is 0 Å². The van der Waals surface area contributed by atoms with Crippen LogP contribution >= 0.6 is 8.58 Å². The minimum absolute atomic E-state index is 0. The summed E-state index contributed by atoms with van der Waals surface area (Å²) in [5, 5.41) is 94.8. The molecule has 6 aliphatic carbocycles. The highest BCUT2D eigenvalue weighted by atomic mass is 32.2. The number of aliphatic hydroxyl groups is 1. The number of sulfone groups is 5. The van der Waals surface area contributed by atoms with Crippen LogP contribution in [0.1, 0.15) is 209 Å². The number of nitrogens with one attached hydrogen (secondary N) is 5. The van der Waals surface area contributed by atoms with Crippen molar-refractivity contribution in [2.24, 2.45) is 5.14 Å². The van der Waals surface area contributed by atoms with E-state index in [1.165, 1.54) is 25.0 Å². The Morgan fingerprint density at radius 2 is 0.775 bits per heavy atom. The van der Waals surface area contributed by atoms with Crippen LogP contribution in [0, 0.1) is 51.7 Å². The van der Waals surface area contributed by atoms with Gasteiger partial charge in [0.1, 0.15) is 60.8 Å². The van der Waals surface area contributed by atoms with Crippen LogP contribution < -0.4 is 30.7 Å². The molecule has 0 unspecified atom stereocenters. The average molecular weight is 1740 g/mol. The molecule has 656 valence electrons. The lowest BCUT2D eigenvalue weighted by atomic mass is 10.2. The maximum Gasteiger partial charge on any atom is 0.446 e. The lowest BCUT2D eigenvalue weighted by Crippen LogP contribution is -2.30. The van der Waals surface area contributed by atoms with Crippen molar-refractivity contribution in [1.82, 2.24) is 0 Å². The Balaban J connectivity index is -0.000000146. The maximum atomic E-state index is 11.5. The standard InChI is InChI=1S/C12H16O3S.C6H8O2S.C5H7NO2S.5C5H11NO2.C5H10O3S.C5H8O3S.C4H8O2S.C2HF3O.C2H7P.3CH4/c1-16(13,14)12(7-8-12)10-15-9-11-5-3-2-4-6-11;1-3-6(4-5-6)9(2,7)8;1-2-5(3-4-5)9(6,7)8;5*1-5(2,3)8-4(6)7;2*1-9(7,8)5(4-6)2-3-5;1-7(5,6)4-2-3-4;3-2(4,5)1-6;1-3-2;;;/h2-6H,7-10H2,1H3;1H,4-5H2,2H3;1H,3-4H2,(H2,6,7,8);5*1-3H3,(H2,6,7);6H,2-4H2,1H3;4H,2-3H2,1H3;4H,2-3H2,1H3;1H;3H,1-2H3;3*1H4/p-5. The van der Waals surface area contributed by atoms with Gasteiger partial charge in [-0.1, -0.05) is 168 Å². The number of carbonyl (C=O) groups is 2. The molecule has 0 radical (unpaired) electrons. The van der Waals surface area contributed by atoms with Crippen LogP contribution in [0.15, 0.2) is 30.3 Å². The molecule has 6 saturated carbocycles. The molecular formula is C69H127F3N6O26PS6-5. The summed E-state index contributed by atoms with van der Waals surface area (Å²) in [6.07, 6.45) is 13.8. The molecule has 0 spiro atoms. The topological polar surface area (TPSA) is 575 Å². The lowest BCUT2D eigenvalue weighted by Gasteiger charge is -2.28. The Morgan fingerprint density at radius 3 is 0.847 bits per heavy atom. The van der Waals surface area contributed by atoms with Gasteiger partial charge in [0.2, 0.25) is 16.3 Å². The molecule has 6 fully saturated rings. The number of terminal acetylenes is 2. The normalized spacial score (nSPS) is 16.2. The van der Waals surface area contributed by atoms with Crippen molar-refractivity contribution < 1.29 is 132 Å².